The molecular formula is C14H17N3S. The van der Waals surface area contributed by atoms with Gasteiger partial charge in [0.05, 0.1) is 16.6 Å². The summed E-state index contributed by atoms with van der Waals surface area (Å²) in [5.74, 6) is 0. The van der Waals surface area contributed by atoms with Gasteiger partial charge in [0.25, 0.3) is 0 Å². The average Bonchev–Trinajstić information content (AvgIpc) is 2.79. The molecule has 0 saturated carbocycles. The zero-order chi connectivity index (χ0) is 12.5. The van der Waals surface area contributed by atoms with Gasteiger partial charge in [-0.15, -0.1) is 0 Å². The van der Waals surface area contributed by atoms with Gasteiger partial charge in [0.2, 0.25) is 5.13 Å². The van der Waals surface area contributed by atoms with Gasteiger partial charge in [-0.25, -0.2) is 9.98 Å². The molecule has 0 radical (unpaired) electrons. The van der Waals surface area contributed by atoms with Crippen LogP contribution in [0.4, 0.5) is 5.13 Å². The third kappa shape index (κ3) is 2.12. The minimum Gasteiger partial charge on any atom is -0.369 e. The highest BCUT2D eigenvalue weighted by molar-refractivity contribution is 7.22. The molecule has 0 fully saturated rings. The number of benzene rings is 1. The lowest BCUT2D eigenvalue weighted by molar-refractivity contribution is 0.643. The predicted octanol–water partition coefficient (Wildman–Crippen LogP) is 3.40. The first kappa shape index (κ1) is 11.7. The normalized spacial score (nSPS) is 15.2. The lowest BCUT2D eigenvalue weighted by Crippen LogP contribution is -2.06. The van der Waals surface area contributed by atoms with Crippen LogP contribution in [0.15, 0.2) is 17.1 Å². The molecule has 0 atom stereocenters. The molecule has 0 spiro atoms. The van der Waals surface area contributed by atoms with Crippen molar-refractivity contribution in [3.63, 3.8) is 0 Å². The molecule has 3 rings (SSSR count). The fourth-order valence-corrected chi connectivity index (χ4v) is 3.42. The van der Waals surface area contributed by atoms with E-state index in [1.54, 1.807) is 11.3 Å². The smallest absolute Gasteiger partial charge is 0.211 e. The average molecular weight is 259 g/mol. The molecule has 18 heavy (non-hydrogen) atoms. The highest BCUT2D eigenvalue weighted by Gasteiger charge is 2.15. The fourth-order valence-electron chi connectivity index (χ4n) is 2.42. The van der Waals surface area contributed by atoms with Gasteiger partial charge in [0, 0.05) is 14.1 Å². The number of nitrogens with zero attached hydrogens (tertiary/aromatic N) is 3. The Bertz CT molecular complexity index is 598. The maximum atomic E-state index is 4.59. The van der Waals surface area contributed by atoms with E-state index in [2.05, 4.69) is 22.1 Å². The van der Waals surface area contributed by atoms with Gasteiger partial charge in [-0.1, -0.05) is 17.4 Å². The Morgan fingerprint density at radius 3 is 2.94 bits per heavy atom. The molecule has 1 aromatic carbocycles. The van der Waals surface area contributed by atoms with E-state index in [1.165, 1.54) is 41.5 Å². The number of rotatable bonds is 2. The molecule has 0 aliphatic heterocycles. The molecule has 0 amide bonds. The lowest BCUT2D eigenvalue weighted by Gasteiger charge is -2.15. The molecule has 1 aromatic heterocycles. The van der Waals surface area contributed by atoms with Gasteiger partial charge >= 0.3 is 0 Å². The maximum Gasteiger partial charge on any atom is 0.211 e. The summed E-state index contributed by atoms with van der Waals surface area (Å²) in [6.45, 7) is 0. The number of aryl methyl sites for hydroxylation is 2. The molecule has 0 unspecified atom stereocenters. The number of aliphatic imine (C=N–C) groups is 1. The SMILES string of the molecule is CN(C)/C=N/c1nc2ccc3c(c2s1)CCCC3. The van der Waals surface area contributed by atoms with E-state index in [0.717, 1.165) is 10.6 Å². The van der Waals surface area contributed by atoms with E-state index >= 15 is 0 Å². The Balaban J connectivity index is 2.06. The lowest BCUT2D eigenvalue weighted by atomic mass is 9.91. The van der Waals surface area contributed by atoms with Crippen molar-refractivity contribution >= 4 is 33.0 Å². The van der Waals surface area contributed by atoms with Crippen LogP contribution >= 0.6 is 11.3 Å². The second-order valence-electron chi connectivity index (χ2n) is 4.96. The first-order valence-electron chi connectivity index (χ1n) is 6.36. The zero-order valence-electron chi connectivity index (χ0n) is 10.8. The summed E-state index contributed by atoms with van der Waals surface area (Å²) in [7, 11) is 3.94. The van der Waals surface area contributed by atoms with Gasteiger partial charge in [-0.3, -0.25) is 0 Å². The van der Waals surface area contributed by atoms with Crippen LogP contribution in [0.2, 0.25) is 0 Å². The Hall–Kier alpha value is -1.42. The second-order valence-corrected chi connectivity index (χ2v) is 5.94. The first-order valence-corrected chi connectivity index (χ1v) is 7.17. The Morgan fingerprint density at radius 1 is 1.28 bits per heavy atom. The number of hydrogen-bond donors (Lipinski definition) is 0. The predicted molar refractivity (Wildman–Crippen MR) is 78.1 cm³/mol. The molecule has 1 aliphatic carbocycles. The topological polar surface area (TPSA) is 28.5 Å². The summed E-state index contributed by atoms with van der Waals surface area (Å²) >= 11 is 1.72. The molecule has 0 bridgehead atoms. The number of fused-ring (bicyclic) bond motifs is 3. The van der Waals surface area contributed by atoms with Crippen molar-refractivity contribution in [3.05, 3.63) is 23.3 Å². The van der Waals surface area contributed by atoms with Crippen molar-refractivity contribution in [1.82, 2.24) is 9.88 Å². The monoisotopic (exact) mass is 259 g/mol. The summed E-state index contributed by atoms with van der Waals surface area (Å²) in [6.07, 6.45) is 6.86. The zero-order valence-corrected chi connectivity index (χ0v) is 11.6. The van der Waals surface area contributed by atoms with Crippen LogP contribution in [0.3, 0.4) is 0 Å². The van der Waals surface area contributed by atoms with E-state index in [0.29, 0.717) is 0 Å². The minimum absolute atomic E-state index is 0.859. The van der Waals surface area contributed by atoms with Crippen LogP contribution in [0.25, 0.3) is 10.2 Å². The maximum absolute atomic E-state index is 4.59. The first-order chi connectivity index (χ1) is 8.74. The van der Waals surface area contributed by atoms with Crippen LogP contribution in [0, 0.1) is 0 Å². The van der Waals surface area contributed by atoms with Gasteiger partial charge in [0.1, 0.15) is 0 Å². The number of hydrogen-bond acceptors (Lipinski definition) is 3. The van der Waals surface area contributed by atoms with Crippen LogP contribution in [0.1, 0.15) is 24.0 Å². The van der Waals surface area contributed by atoms with E-state index in [-0.39, 0.29) is 0 Å². The van der Waals surface area contributed by atoms with E-state index < -0.39 is 0 Å². The van der Waals surface area contributed by atoms with Crippen molar-refractivity contribution in [2.24, 2.45) is 4.99 Å². The molecule has 0 N–H and O–H groups in total. The van der Waals surface area contributed by atoms with Crippen molar-refractivity contribution < 1.29 is 0 Å². The molecule has 4 heteroatoms. The molecule has 3 nitrogen and oxygen atoms in total. The molecule has 1 heterocycles. The largest absolute Gasteiger partial charge is 0.369 e. The summed E-state index contributed by atoms with van der Waals surface area (Å²) in [5.41, 5.74) is 4.13. The Morgan fingerprint density at radius 2 is 2.11 bits per heavy atom. The van der Waals surface area contributed by atoms with Gasteiger partial charge in [-0.2, -0.15) is 0 Å². The van der Waals surface area contributed by atoms with Crippen molar-refractivity contribution in [2.45, 2.75) is 25.7 Å². The van der Waals surface area contributed by atoms with Crippen LogP contribution in [0.5, 0.6) is 0 Å². The minimum atomic E-state index is 0.859. The second kappa shape index (κ2) is 4.69. The summed E-state index contributed by atoms with van der Waals surface area (Å²) in [5, 5.41) is 0.859. The fraction of sp³-hybridized carbons (Fsp3) is 0.429. The summed E-state index contributed by atoms with van der Waals surface area (Å²) in [4.78, 5) is 10.9. The third-order valence-electron chi connectivity index (χ3n) is 3.27. The summed E-state index contributed by atoms with van der Waals surface area (Å²) < 4.78 is 1.35. The van der Waals surface area contributed by atoms with Gasteiger partial charge in [-0.05, 0) is 42.9 Å². The molecule has 0 saturated heterocycles. The Kier molecular flexibility index (Phi) is 3.04. The summed E-state index contributed by atoms with van der Waals surface area (Å²) in [6, 6.07) is 4.39. The molecule has 1 aliphatic rings. The highest BCUT2D eigenvalue weighted by atomic mass is 32.1. The van der Waals surface area contributed by atoms with Crippen molar-refractivity contribution in [3.8, 4) is 0 Å². The van der Waals surface area contributed by atoms with Crippen LogP contribution < -0.4 is 0 Å². The Labute approximate surface area is 111 Å². The highest BCUT2D eigenvalue weighted by Crippen LogP contribution is 2.35. The number of thiazole rings is 1. The third-order valence-corrected chi connectivity index (χ3v) is 4.31. The molecule has 2 aromatic rings. The van der Waals surface area contributed by atoms with E-state index in [9.17, 15) is 0 Å². The number of aromatic nitrogens is 1. The standard InChI is InChI=1S/C14H17N3S/c1-17(2)9-15-14-16-12-8-7-10-5-3-4-6-11(10)13(12)18-14/h7-9H,3-6H2,1-2H3/b15-9+. The van der Waals surface area contributed by atoms with Gasteiger partial charge in [0.15, 0.2) is 0 Å². The van der Waals surface area contributed by atoms with E-state index in [4.69, 9.17) is 0 Å². The van der Waals surface area contributed by atoms with Crippen LogP contribution in [-0.4, -0.2) is 30.3 Å². The van der Waals surface area contributed by atoms with Crippen LogP contribution in [-0.2, 0) is 12.8 Å². The quantitative estimate of drug-likeness (QED) is 0.611. The molecular weight excluding hydrogens is 242 g/mol. The van der Waals surface area contributed by atoms with Crippen molar-refractivity contribution in [1.29, 1.82) is 0 Å². The molecule has 94 valence electrons. The van der Waals surface area contributed by atoms with Crippen molar-refractivity contribution in [2.75, 3.05) is 14.1 Å². The van der Waals surface area contributed by atoms with Gasteiger partial charge < -0.3 is 4.90 Å². The van der Waals surface area contributed by atoms with E-state index in [1.807, 2.05) is 25.3 Å².